The van der Waals surface area contributed by atoms with Crippen LogP contribution < -0.4 is 15.7 Å². The van der Waals surface area contributed by atoms with Crippen LogP contribution in [-0.2, 0) is 22.6 Å². The Hall–Kier alpha value is -1.88. The van der Waals surface area contributed by atoms with Crippen LogP contribution in [0.1, 0.15) is 11.1 Å². The number of rotatable bonds is 3. The molecule has 1 aromatic rings. The molecule has 0 unspecified atom stereocenters. The Morgan fingerprint density at radius 1 is 1.35 bits per heavy atom. The molecule has 5 heteroatoms. The molecule has 3 N–H and O–H groups in total. The van der Waals surface area contributed by atoms with Gasteiger partial charge in [0.2, 0.25) is 0 Å². The Balaban J connectivity index is 1.97. The maximum absolute atomic E-state index is 11.7. The Kier molecular flexibility index (Phi) is 3.39. The van der Waals surface area contributed by atoms with E-state index in [1.165, 1.54) is 5.56 Å². The number of carbonyl (C=O) groups is 2. The molecule has 2 rings (SSSR count). The smallest absolute Gasteiger partial charge is 0.278 e. The number of quaternary nitrogens is 1. The molecule has 0 radical (unpaired) electrons. The summed E-state index contributed by atoms with van der Waals surface area (Å²) < 4.78 is 0. The third-order valence-corrected chi connectivity index (χ3v) is 2.92. The minimum absolute atomic E-state index is 0.246. The van der Waals surface area contributed by atoms with Gasteiger partial charge in [-0.15, -0.1) is 0 Å². The van der Waals surface area contributed by atoms with Crippen LogP contribution >= 0.6 is 0 Å². The van der Waals surface area contributed by atoms with E-state index in [0.29, 0.717) is 6.42 Å². The molecule has 5 nitrogen and oxygen atoms in total. The summed E-state index contributed by atoms with van der Waals surface area (Å²) in [6, 6.07) is 7.72. The number of benzene rings is 1. The zero-order valence-electron chi connectivity index (χ0n) is 9.31. The van der Waals surface area contributed by atoms with Gasteiger partial charge in [0.1, 0.15) is 6.54 Å². The molecule has 0 spiro atoms. The van der Waals surface area contributed by atoms with Crippen molar-refractivity contribution in [3.05, 3.63) is 35.4 Å². The first kappa shape index (κ1) is 11.6. The monoisotopic (exact) mass is 234 g/mol. The summed E-state index contributed by atoms with van der Waals surface area (Å²) in [5.74, 6) is -1.52. The molecule has 90 valence electrons. The number of aliphatic carboxylic acids is 1. The SMILES string of the molecule is O=C([O-])CNC(=O)[C@H]1Cc2ccccc2C[NH2+]1. The molecule has 0 bridgehead atoms. The fraction of sp³-hybridized carbons (Fsp3) is 0.333. The van der Waals surface area contributed by atoms with Crippen molar-refractivity contribution in [2.24, 2.45) is 0 Å². The summed E-state index contributed by atoms with van der Waals surface area (Å²) in [6.07, 6.45) is 0.634. The number of nitrogens with two attached hydrogens (primary N) is 1. The number of nitrogens with one attached hydrogen (secondary N) is 1. The lowest BCUT2D eigenvalue weighted by Crippen LogP contribution is -2.93. The molecule has 1 aliphatic heterocycles. The summed E-state index contributed by atoms with van der Waals surface area (Å²) in [6.45, 7) is 0.324. The summed E-state index contributed by atoms with van der Waals surface area (Å²) in [5.41, 5.74) is 2.39. The molecular formula is C12H14N2O3. The van der Waals surface area contributed by atoms with Crippen molar-refractivity contribution < 1.29 is 20.0 Å². The number of hydrogen-bond donors (Lipinski definition) is 2. The molecule has 0 saturated carbocycles. The molecule has 1 atom stereocenters. The lowest BCUT2D eigenvalue weighted by atomic mass is 9.95. The van der Waals surface area contributed by atoms with Gasteiger partial charge >= 0.3 is 0 Å². The average Bonchev–Trinajstić information content (AvgIpc) is 2.35. The maximum Gasteiger partial charge on any atom is 0.278 e. The van der Waals surface area contributed by atoms with Gasteiger partial charge in [-0.2, -0.15) is 0 Å². The third-order valence-electron chi connectivity index (χ3n) is 2.92. The van der Waals surface area contributed by atoms with E-state index in [1.807, 2.05) is 29.6 Å². The van der Waals surface area contributed by atoms with Gasteiger partial charge < -0.3 is 20.5 Å². The molecule has 1 aliphatic rings. The fourth-order valence-electron chi connectivity index (χ4n) is 2.04. The van der Waals surface area contributed by atoms with Crippen molar-refractivity contribution in [2.45, 2.75) is 19.0 Å². The lowest BCUT2D eigenvalue weighted by Gasteiger charge is -2.22. The van der Waals surface area contributed by atoms with Crippen LogP contribution in [-0.4, -0.2) is 24.5 Å². The number of carbonyl (C=O) groups excluding carboxylic acids is 2. The van der Waals surface area contributed by atoms with Crippen LogP contribution in [0.2, 0.25) is 0 Å². The zero-order chi connectivity index (χ0) is 12.3. The Labute approximate surface area is 98.8 Å². The van der Waals surface area contributed by atoms with Gasteiger partial charge in [0.05, 0.1) is 12.5 Å². The highest BCUT2D eigenvalue weighted by molar-refractivity contribution is 5.84. The molecule has 1 heterocycles. The topological polar surface area (TPSA) is 85.8 Å². The Bertz CT molecular complexity index is 445. The van der Waals surface area contributed by atoms with Gasteiger partial charge in [-0.3, -0.25) is 4.79 Å². The first-order chi connectivity index (χ1) is 8.16. The normalized spacial score (nSPS) is 18.2. The first-order valence-corrected chi connectivity index (χ1v) is 5.54. The van der Waals surface area contributed by atoms with Gasteiger partial charge in [0, 0.05) is 12.0 Å². The molecule has 0 saturated heterocycles. The van der Waals surface area contributed by atoms with E-state index in [4.69, 9.17) is 0 Å². The molecule has 1 amide bonds. The van der Waals surface area contributed by atoms with E-state index >= 15 is 0 Å². The number of carboxylic acids is 1. The summed E-state index contributed by atoms with van der Waals surface area (Å²) in [4.78, 5) is 21.9. The van der Waals surface area contributed by atoms with Crippen molar-refractivity contribution in [3.63, 3.8) is 0 Å². The third kappa shape index (κ3) is 2.82. The van der Waals surface area contributed by atoms with Crippen LogP contribution in [0.4, 0.5) is 0 Å². The minimum atomic E-state index is -1.27. The summed E-state index contributed by atoms with van der Waals surface area (Å²) in [7, 11) is 0. The highest BCUT2D eigenvalue weighted by atomic mass is 16.4. The van der Waals surface area contributed by atoms with Crippen LogP contribution in [0.3, 0.4) is 0 Å². The van der Waals surface area contributed by atoms with Crippen molar-refractivity contribution >= 4 is 11.9 Å². The number of fused-ring (bicyclic) bond motifs is 1. The van der Waals surface area contributed by atoms with Gasteiger partial charge in [0.25, 0.3) is 5.91 Å². The van der Waals surface area contributed by atoms with Gasteiger partial charge in [0.15, 0.2) is 6.04 Å². The Morgan fingerprint density at radius 3 is 2.76 bits per heavy atom. The van der Waals surface area contributed by atoms with Crippen LogP contribution in [0.15, 0.2) is 24.3 Å². The largest absolute Gasteiger partial charge is 0.548 e. The number of carboxylic acid groups (broad SMARTS) is 1. The van der Waals surface area contributed by atoms with Crippen LogP contribution in [0.5, 0.6) is 0 Å². The van der Waals surface area contributed by atoms with E-state index in [9.17, 15) is 14.7 Å². The molecular weight excluding hydrogens is 220 g/mol. The zero-order valence-corrected chi connectivity index (χ0v) is 9.31. The van der Waals surface area contributed by atoms with E-state index in [-0.39, 0.29) is 11.9 Å². The molecule has 0 fully saturated rings. The standard InChI is InChI=1S/C12H14N2O3/c15-11(16)7-14-12(17)10-5-8-3-1-2-4-9(8)6-13-10/h1-4,10,13H,5-7H2,(H,14,17)(H,15,16)/t10-/m1/s1. The summed E-state index contributed by atoms with van der Waals surface area (Å²) in [5, 5.41) is 14.5. The first-order valence-electron chi connectivity index (χ1n) is 5.54. The lowest BCUT2D eigenvalue weighted by molar-refractivity contribution is -0.695. The van der Waals surface area contributed by atoms with Crippen LogP contribution in [0.25, 0.3) is 0 Å². The van der Waals surface area contributed by atoms with Crippen molar-refractivity contribution in [1.29, 1.82) is 0 Å². The predicted octanol–water partition coefficient (Wildman–Crippen LogP) is -2.46. The quantitative estimate of drug-likeness (QED) is 0.608. The molecule has 0 aromatic heterocycles. The van der Waals surface area contributed by atoms with Gasteiger partial charge in [-0.1, -0.05) is 24.3 Å². The number of amides is 1. The second-order valence-electron chi connectivity index (χ2n) is 4.11. The van der Waals surface area contributed by atoms with Gasteiger partial charge in [-0.25, -0.2) is 0 Å². The van der Waals surface area contributed by atoms with Crippen molar-refractivity contribution in [3.8, 4) is 0 Å². The highest BCUT2D eigenvalue weighted by Gasteiger charge is 2.27. The van der Waals surface area contributed by atoms with E-state index < -0.39 is 12.5 Å². The second kappa shape index (κ2) is 4.97. The molecule has 0 aliphatic carbocycles. The number of hydrogen-bond acceptors (Lipinski definition) is 3. The van der Waals surface area contributed by atoms with Gasteiger partial charge in [-0.05, 0) is 5.56 Å². The maximum atomic E-state index is 11.7. The molecule has 1 aromatic carbocycles. The second-order valence-corrected chi connectivity index (χ2v) is 4.11. The van der Waals surface area contributed by atoms with E-state index in [2.05, 4.69) is 5.32 Å². The summed E-state index contributed by atoms with van der Waals surface area (Å²) >= 11 is 0. The fourth-order valence-corrected chi connectivity index (χ4v) is 2.04. The van der Waals surface area contributed by atoms with E-state index in [1.54, 1.807) is 0 Å². The van der Waals surface area contributed by atoms with Crippen molar-refractivity contribution in [2.75, 3.05) is 6.54 Å². The van der Waals surface area contributed by atoms with E-state index in [0.717, 1.165) is 12.1 Å². The average molecular weight is 234 g/mol. The molecule has 17 heavy (non-hydrogen) atoms. The van der Waals surface area contributed by atoms with Crippen molar-refractivity contribution in [1.82, 2.24) is 5.32 Å². The highest BCUT2D eigenvalue weighted by Crippen LogP contribution is 2.12. The minimum Gasteiger partial charge on any atom is -0.548 e. The van der Waals surface area contributed by atoms with Crippen LogP contribution in [0, 0.1) is 0 Å². The Morgan fingerprint density at radius 2 is 2.06 bits per heavy atom. The predicted molar refractivity (Wildman–Crippen MR) is 57.6 cm³/mol.